The zero-order valence-corrected chi connectivity index (χ0v) is 13.9. The molecule has 0 unspecified atom stereocenters. The van der Waals surface area contributed by atoms with Crippen molar-refractivity contribution in [2.75, 3.05) is 18.9 Å². The Morgan fingerprint density at radius 1 is 1.43 bits per heavy atom. The summed E-state index contributed by atoms with van der Waals surface area (Å²) >= 11 is 3.31. The SMILES string of the molecule is CNCc1cn[nH]c1S(=O)(=O)Nc1ccc(OC)c(Br)c1. The number of ether oxygens (including phenoxy) is 1. The Bertz CT molecular complexity index is 730. The van der Waals surface area contributed by atoms with Crippen LogP contribution in [0.1, 0.15) is 5.56 Å². The van der Waals surface area contributed by atoms with Crippen molar-refractivity contribution in [2.45, 2.75) is 11.6 Å². The van der Waals surface area contributed by atoms with Crippen molar-refractivity contribution in [3.63, 3.8) is 0 Å². The predicted molar refractivity (Wildman–Crippen MR) is 82.9 cm³/mol. The molecule has 0 aliphatic rings. The lowest BCUT2D eigenvalue weighted by molar-refractivity contribution is 0.412. The topological polar surface area (TPSA) is 96.1 Å². The van der Waals surface area contributed by atoms with Gasteiger partial charge in [-0.25, -0.2) is 0 Å². The molecule has 0 saturated carbocycles. The summed E-state index contributed by atoms with van der Waals surface area (Å²) in [5.74, 6) is 0.621. The molecule has 21 heavy (non-hydrogen) atoms. The number of benzene rings is 1. The first-order valence-electron chi connectivity index (χ1n) is 6.01. The van der Waals surface area contributed by atoms with Crippen molar-refractivity contribution in [2.24, 2.45) is 0 Å². The minimum absolute atomic E-state index is 0.0452. The fourth-order valence-electron chi connectivity index (χ4n) is 1.78. The van der Waals surface area contributed by atoms with Gasteiger partial charge < -0.3 is 10.1 Å². The first kappa shape index (κ1) is 15.8. The van der Waals surface area contributed by atoms with Gasteiger partial charge in [0, 0.05) is 12.1 Å². The molecule has 0 saturated heterocycles. The highest BCUT2D eigenvalue weighted by molar-refractivity contribution is 9.10. The van der Waals surface area contributed by atoms with E-state index in [4.69, 9.17) is 4.74 Å². The fraction of sp³-hybridized carbons (Fsp3) is 0.250. The highest BCUT2D eigenvalue weighted by Gasteiger charge is 2.21. The van der Waals surface area contributed by atoms with Crippen molar-refractivity contribution >= 4 is 31.6 Å². The number of methoxy groups -OCH3 is 1. The third-order valence-corrected chi connectivity index (χ3v) is 4.73. The monoisotopic (exact) mass is 374 g/mol. The lowest BCUT2D eigenvalue weighted by Gasteiger charge is -2.10. The number of nitrogens with one attached hydrogen (secondary N) is 3. The second-order valence-electron chi connectivity index (χ2n) is 4.21. The Morgan fingerprint density at radius 2 is 2.19 bits per heavy atom. The molecule has 0 atom stereocenters. The normalized spacial score (nSPS) is 11.4. The van der Waals surface area contributed by atoms with E-state index < -0.39 is 10.0 Å². The number of rotatable bonds is 6. The molecule has 1 aromatic heterocycles. The Balaban J connectivity index is 2.29. The third kappa shape index (κ3) is 3.55. The largest absolute Gasteiger partial charge is 0.496 e. The molecule has 0 fully saturated rings. The van der Waals surface area contributed by atoms with E-state index in [-0.39, 0.29) is 5.03 Å². The Morgan fingerprint density at radius 3 is 2.81 bits per heavy atom. The molecule has 3 N–H and O–H groups in total. The number of H-pyrrole nitrogens is 1. The van der Waals surface area contributed by atoms with E-state index in [0.717, 1.165) is 0 Å². The van der Waals surface area contributed by atoms with Gasteiger partial charge in [-0.3, -0.25) is 9.82 Å². The van der Waals surface area contributed by atoms with Gasteiger partial charge >= 0.3 is 0 Å². The van der Waals surface area contributed by atoms with E-state index in [1.165, 1.54) is 6.20 Å². The second-order valence-corrected chi connectivity index (χ2v) is 6.68. The number of hydrogen-bond donors (Lipinski definition) is 3. The van der Waals surface area contributed by atoms with Crippen LogP contribution >= 0.6 is 15.9 Å². The summed E-state index contributed by atoms with van der Waals surface area (Å²) in [5.41, 5.74) is 0.991. The van der Waals surface area contributed by atoms with Crippen LogP contribution in [0.5, 0.6) is 5.75 Å². The van der Waals surface area contributed by atoms with Crippen LogP contribution in [0.4, 0.5) is 5.69 Å². The minimum atomic E-state index is -3.73. The standard InChI is InChI=1S/C12H15BrN4O3S/c1-14-6-8-7-15-16-12(8)21(18,19)17-9-3-4-11(20-2)10(13)5-9/h3-5,7,14,17H,6H2,1-2H3,(H,15,16). The van der Waals surface area contributed by atoms with Gasteiger partial charge in [-0.05, 0) is 41.2 Å². The zero-order chi connectivity index (χ0) is 15.5. The summed E-state index contributed by atoms with van der Waals surface area (Å²) in [6.45, 7) is 0.402. The summed E-state index contributed by atoms with van der Waals surface area (Å²) in [5, 5.41) is 9.23. The summed E-state index contributed by atoms with van der Waals surface area (Å²) in [4.78, 5) is 0. The van der Waals surface area contributed by atoms with E-state index in [1.54, 1.807) is 32.4 Å². The number of hydrogen-bond acceptors (Lipinski definition) is 5. The predicted octanol–water partition coefficient (Wildman–Crippen LogP) is 1.70. The number of aromatic amines is 1. The molecule has 1 heterocycles. The Labute approximate surface area is 131 Å². The highest BCUT2D eigenvalue weighted by Crippen LogP contribution is 2.28. The fourth-order valence-corrected chi connectivity index (χ4v) is 3.51. The van der Waals surface area contributed by atoms with Gasteiger partial charge in [0.15, 0.2) is 5.03 Å². The number of sulfonamides is 1. The van der Waals surface area contributed by atoms with E-state index in [1.807, 2.05) is 0 Å². The van der Waals surface area contributed by atoms with Gasteiger partial charge in [-0.15, -0.1) is 0 Å². The number of aromatic nitrogens is 2. The van der Waals surface area contributed by atoms with Crippen LogP contribution in [-0.2, 0) is 16.6 Å². The van der Waals surface area contributed by atoms with E-state index in [9.17, 15) is 8.42 Å². The molecular weight excluding hydrogens is 360 g/mol. The molecule has 0 radical (unpaired) electrons. The molecule has 0 amide bonds. The van der Waals surface area contributed by atoms with Gasteiger partial charge in [-0.1, -0.05) is 0 Å². The lowest BCUT2D eigenvalue weighted by atomic mass is 10.3. The molecule has 0 aliphatic heterocycles. The van der Waals surface area contributed by atoms with Gasteiger partial charge in [0.25, 0.3) is 10.0 Å². The molecule has 114 valence electrons. The first-order valence-corrected chi connectivity index (χ1v) is 8.28. The zero-order valence-electron chi connectivity index (χ0n) is 11.5. The molecule has 0 bridgehead atoms. The van der Waals surface area contributed by atoms with E-state index in [0.29, 0.717) is 28.0 Å². The van der Waals surface area contributed by atoms with Gasteiger partial charge in [0.2, 0.25) is 0 Å². The average Bonchev–Trinajstić information content (AvgIpc) is 2.88. The van der Waals surface area contributed by atoms with Gasteiger partial charge in [-0.2, -0.15) is 13.5 Å². The Hall–Kier alpha value is -1.58. The number of nitrogens with zero attached hydrogens (tertiary/aromatic N) is 1. The average molecular weight is 375 g/mol. The molecule has 0 aliphatic carbocycles. The minimum Gasteiger partial charge on any atom is -0.496 e. The van der Waals surface area contributed by atoms with Crippen LogP contribution in [0.2, 0.25) is 0 Å². The summed E-state index contributed by atoms with van der Waals surface area (Å²) < 4.78 is 33.0. The molecule has 2 rings (SSSR count). The maximum atomic E-state index is 12.4. The quantitative estimate of drug-likeness (QED) is 0.714. The summed E-state index contributed by atoms with van der Waals surface area (Å²) in [6.07, 6.45) is 1.48. The van der Waals surface area contributed by atoms with Crippen LogP contribution in [0.15, 0.2) is 33.9 Å². The summed E-state index contributed by atoms with van der Waals surface area (Å²) in [7, 11) is -0.455. The van der Waals surface area contributed by atoms with Crippen molar-refractivity contribution < 1.29 is 13.2 Å². The van der Waals surface area contributed by atoms with Crippen LogP contribution in [-0.4, -0.2) is 32.8 Å². The maximum Gasteiger partial charge on any atom is 0.279 e. The molecule has 0 spiro atoms. The molecule has 2 aromatic rings. The van der Waals surface area contributed by atoms with Crippen LogP contribution in [0.3, 0.4) is 0 Å². The maximum absolute atomic E-state index is 12.4. The Kier molecular flexibility index (Phi) is 4.86. The summed E-state index contributed by atoms with van der Waals surface area (Å²) in [6, 6.07) is 4.92. The molecule has 9 heteroatoms. The second kappa shape index (κ2) is 6.46. The van der Waals surface area contributed by atoms with Gasteiger partial charge in [0.05, 0.1) is 23.5 Å². The number of anilines is 1. The first-order chi connectivity index (χ1) is 9.97. The van der Waals surface area contributed by atoms with Crippen LogP contribution in [0.25, 0.3) is 0 Å². The van der Waals surface area contributed by atoms with Gasteiger partial charge in [0.1, 0.15) is 5.75 Å². The van der Waals surface area contributed by atoms with Crippen LogP contribution in [0, 0.1) is 0 Å². The third-order valence-electron chi connectivity index (χ3n) is 2.72. The van der Waals surface area contributed by atoms with E-state index >= 15 is 0 Å². The lowest BCUT2D eigenvalue weighted by Crippen LogP contribution is -2.17. The van der Waals surface area contributed by atoms with Crippen LogP contribution < -0.4 is 14.8 Å². The molecular formula is C12H15BrN4O3S. The van der Waals surface area contributed by atoms with E-state index in [2.05, 4.69) is 36.2 Å². The molecule has 7 nitrogen and oxygen atoms in total. The van der Waals surface area contributed by atoms with Crippen molar-refractivity contribution in [1.82, 2.24) is 15.5 Å². The van der Waals surface area contributed by atoms with Crippen molar-refractivity contribution in [3.05, 3.63) is 34.4 Å². The van der Waals surface area contributed by atoms with Crippen molar-refractivity contribution in [3.8, 4) is 5.75 Å². The smallest absolute Gasteiger partial charge is 0.279 e. The highest BCUT2D eigenvalue weighted by atomic mass is 79.9. The van der Waals surface area contributed by atoms with Crippen molar-refractivity contribution in [1.29, 1.82) is 0 Å². The number of halogens is 1. The molecule has 1 aromatic carbocycles.